The monoisotopic (exact) mass is 284 g/mol. The summed E-state index contributed by atoms with van der Waals surface area (Å²) in [6, 6.07) is 0. The van der Waals surface area contributed by atoms with Crippen LogP contribution in [0.2, 0.25) is 0 Å². The molecule has 0 radical (unpaired) electrons. The van der Waals surface area contributed by atoms with E-state index in [1.807, 2.05) is 0 Å². The maximum Gasteiger partial charge on any atom is 0.200 e. The first kappa shape index (κ1) is 16.9. The van der Waals surface area contributed by atoms with Crippen molar-refractivity contribution in [1.29, 1.82) is 0 Å². The van der Waals surface area contributed by atoms with Gasteiger partial charge in [0.15, 0.2) is 11.7 Å². The molecule has 1 aliphatic carbocycles. The van der Waals surface area contributed by atoms with E-state index in [4.69, 9.17) is 0 Å². The summed E-state index contributed by atoms with van der Waals surface area (Å²) in [5.74, 6) is -0.761. The molecule has 0 aromatic rings. The largest absolute Gasteiger partial charge is 0.494 e. The van der Waals surface area contributed by atoms with E-state index in [0.29, 0.717) is 12.3 Å². The van der Waals surface area contributed by atoms with Crippen LogP contribution in [-0.2, 0) is 4.74 Å². The molecule has 0 N–H and O–H groups in total. The van der Waals surface area contributed by atoms with Gasteiger partial charge in [-0.05, 0) is 30.3 Å². The van der Waals surface area contributed by atoms with Crippen LogP contribution in [0.25, 0.3) is 0 Å². The van der Waals surface area contributed by atoms with E-state index in [1.54, 1.807) is 0 Å². The van der Waals surface area contributed by atoms with Crippen LogP contribution in [-0.4, -0.2) is 7.11 Å². The lowest BCUT2D eigenvalue weighted by Gasteiger charge is -2.27. The third-order valence-electron chi connectivity index (χ3n) is 4.39. The van der Waals surface area contributed by atoms with E-state index in [-0.39, 0.29) is 11.3 Å². The number of ether oxygens (including phenoxy) is 1. The van der Waals surface area contributed by atoms with E-state index < -0.39 is 11.7 Å². The lowest BCUT2D eigenvalue weighted by atomic mass is 9.78. The molecule has 0 spiro atoms. The summed E-state index contributed by atoms with van der Waals surface area (Å²) in [5.41, 5.74) is 0.207. The van der Waals surface area contributed by atoms with Gasteiger partial charge >= 0.3 is 0 Å². The number of hydrogen-bond donors (Lipinski definition) is 0. The Kier molecular flexibility index (Phi) is 6.97. The fourth-order valence-corrected chi connectivity index (χ4v) is 2.78. The molecule has 0 aliphatic heterocycles. The molecule has 0 unspecified atom stereocenters. The molecule has 3 heteroatoms. The maximum absolute atomic E-state index is 13.8. The highest BCUT2D eigenvalue weighted by molar-refractivity contribution is 5.32. The van der Waals surface area contributed by atoms with Crippen LogP contribution in [0, 0.1) is 11.8 Å². The first-order chi connectivity index (χ1) is 9.49. The third-order valence-corrected chi connectivity index (χ3v) is 4.39. The van der Waals surface area contributed by atoms with Gasteiger partial charge in [-0.3, -0.25) is 0 Å². The van der Waals surface area contributed by atoms with Crippen molar-refractivity contribution in [3.05, 3.63) is 36.1 Å². The van der Waals surface area contributed by atoms with E-state index in [9.17, 15) is 8.78 Å². The fourth-order valence-electron chi connectivity index (χ4n) is 2.78. The molecule has 1 nitrogen and oxygen atoms in total. The molecule has 0 amide bonds. The zero-order chi connectivity index (χ0) is 15.1. The van der Waals surface area contributed by atoms with Crippen molar-refractivity contribution >= 4 is 0 Å². The smallest absolute Gasteiger partial charge is 0.200 e. The number of hydrogen-bond acceptors (Lipinski definition) is 1. The zero-order valence-electron chi connectivity index (χ0n) is 12.7. The van der Waals surface area contributed by atoms with E-state index in [0.717, 1.165) is 12.3 Å². The summed E-state index contributed by atoms with van der Waals surface area (Å²) >= 11 is 0. The summed E-state index contributed by atoms with van der Waals surface area (Å²) in [5, 5.41) is 0. The second-order valence-corrected chi connectivity index (χ2v) is 5.69. The SMILES string of the molecule is C=C(CCC1CCC(CC)CC1)/C(F)=C(/F)C(=C)OC. The summed E-state index contributed by atoms with van der Waals surface area (Å²) < 4.78 is 31.9. The zero-order valence-corrected chi connectivity index (χ0v) is 12.7. The number of rotatable bonds is 7. The summed E-state index contributed by atoms with van der Waals surface area (Å²) in [6.07, 6.45) is 7.56. The molecule has 1 fully saturated rings. The quantitative estimate of drug-likeness (QED) is 0.421. The molecule has 0 aromatic carbocycles. The highest BCUT2D eigenvalue weighted by atomic mass is 19.2. The molecule has 0 heterocycles. The van der Waals surface area contributed by atoms with Gasteiger partial charge in [-0.1, -0.05) is 52.2 Å². The van der Waals surface area contributed by atoms with Crippen LogP contribution < -0.4 is 0 Å². The Hall–Kier alpha value is -1.12. The van der Waals surface area contributed by atoms with Crippen molar-refractivity contribution < 1.29 is 13.5 Å². The Balaban J connectivity index is 2.42. The summed E-state index contributed by atoms with van der Waals surface area (Å²) in [4.78, 5) is 0. The second-order valence-electron chi connectivity index (χ2n) is 5.69. The van der Waals surface area contributed by atoms with Crippen molar-refractivity contribution in [2.75, 3.05) is 7.11 Å². The topological polar surface area (TPSA) is 9.23 Å². The molecule has 0 saturated heterocycles. The van der Waals surface area contributed by atoms with Crippen molar-refractivity contribution in [1.82, 2.24) is 0 Å². The van der Waals surface area contributed by atoms with Crippen molar-refractivity contribution in [3.63, 3.8) is 0 Å². The van der Waals surface area contributed by atoms with Gasteiger partial charge in [0, 0.05) is 0 Å². The Morgan fingerprint density at radius 1 is 1.05 bits per heavy atom. The van der Waals surface area contributed by atoms with Crippen LogP contribution in [0.5, 0.6) is 0 Å². The van der Waals surface area contributed by atoms with Crippen LogP contribution >= 0.6 is 0 Å². The molecule has 1 saturated carbocycles. The highest BCUT2D eigenvalue weighted by Crippen LogP contribution is 2.35. The number of allylic oxidation sites excluding steroid dienone is 3. The normalized spacial score (nSPS) is 24.0. The molecule has 0 atom stereocenters. The first-order valence-corrected chi connectivity index (χ1v) is 7.46. The van der Waals surface area contributed by atoms with Gasteiger partial charge in [-0.2, -0.15) is 4.39 Å². The number of halogens is 2. The molecule has 20 heavy (non-hydrogen) atoms. The molecule has 1 aliphatic rings. The molecule has 1 rings (SSSR count). The predicted molar refractivity (Wildman–Crippen MR) is 79.5 cm³/mol. The molecular formula is C17H26F2O. The van der Waals surface area contributed by atoms with Crippen LogP contribution in [0.15, 0.2) is 36.1 Å². The second kappa shape index (κ2) is 8.23. The Labute approximate surface area is 121 Å². The average molecular weight is 284 g/mol. The van der Waals surface area contributed by atoms with E-state index in [2.05, 4.69) is 24.8 Å². The van der Waals surface area contributed by atoms with Crippen LogP contribution in [0.4, 0.5) is 8.78 Å². The average Bonchev–Trinajstić information content (AvgIpc) is 2.50. The van der Waals surface area contributed by atoms with Crippen molar-refractivity contribution in [2.24, 2.45) is 11.8 Å². The lowest BCUT2D eigenvalue weighted by Crippen LogP contribution is -2.14. The van der Waals surface area contributed by atoms with Crippen LogP contribution in [0.3, 0.4) is 0 Å². The minimum atomic E-state index is -1.04. The van der Waals surface area contributed by atoms with E-state index >= 15 is 0 Å². The van der Waals surface area contributed by atoms with Gasteiger partial charge in [-0.25, -0.2) is 4.39 Å². The van der Waals surface area contributed by atoms with Gasteiger partial charge < -0.3 is 4.74 Å². The predicted octanol–water partition coefficient (Wildman–Crippen LogP) is 5.85. The standard InChI is InChI=1S/C17H26F2O/c1-5-14-8-10-15(11-9-14)7-6-12(2)16(18)17(19)13(3)20-4/h14-15H,2-3,5-11H2,1,4H3/b17-16-. The van der Waals surface area contributed by atoms with Gasteiger partial charge in [0.1, 0.15) is 5.76 Å². The lowest BCUT2D eigenvalue weighted by molar-refractivity contribution is 0.258. The fraction of sp³-hybridized carbons (Fsp3) is 0.647. The Bertz CT molecular complexity index is 376. The van der Waals surface area contributed by atoms with Gasteiger partial charge in [0.05, 0.1) is 7.11 Å². The van der Waals surface area contributed by atoms with Crippen molar-refractivity contribution in [2.45, 2.75) is 51.9 Å². The Morgan fingerprint density at radius 2 is 1.60 bits per heavy atom. The molecule has 0 bridgehead atoms. The van der Waals surface area contributed by atoms with Gasteiger partial charge in [0.25, 0.3) is 0 Å². The van der Waals surface area contributed by atoms with Crippen molar-refractivity contribution in [3.8, 4) is 0 Å². The Morgan fingerprint density at radius 3 is 2.10 bits per heavy atom. The minimum Gasteiger partial charge on any atom is -0.494 e. The van der Waals surface area contributed by atoms with Gasteiger partial charge in [0.2, 0.25) is 0 Å². The third kappa shape index (κ3) is 4.77. The summed E-state index contributed by atoms with van der Waals surface area (Å²) in [6.45, 7) is 9.18. The van der Waals surface area contributed by atoms with Crippen LogP contribution in [0.1, 0.15) is 51.9 Å². The van der Waals surface area contributed by atoms with Gasteiger partial charge in [-0.15, -0.1) is 0 Å². The molecule has 0 aromatic heterocycles. The minimum absolute atomic E-state index is 0.207. The highest BCUT2D eigenvalue weighted by Gasteiger charge is 2.21. The summed E-state index contributed by atoms with van der Waals surface area (Å²) in [7, 11) is 1.27. The first-order valence-electron chi connectivity index (χ1n) is 7.46. The molecular weight excluding hydrogens is 258 g/mol. The maximum atomic E-state index is 13.8. The molecule has 114 valence electrons. The number of methoxy groups -OCH3 is 1. The van der Waals surface area contributed by atoms with E-state index in [1.165, 1.54) is 39.2 Å².